The Morgan fingerprint density at radius 3 is 0.840 bits per heavy atom. The first-order valence-corrected chi connectivity index (χ1v) is 33.0. The number of ether oxygens (including phenoxy) is 3. The number of esters is 3. The molecule has 1 unspecified atom stereocenters. The van der Waals surface area contributed by atoms with Crippen molar-refractivity contribution in [3.05, 3.63) is 158 Å². The normalized spacial score (nSPS) is 13.2. The second-order valence-electron chi connectivity index (χ2n) is 21.3. The molecule has 6 heteroatoms. The van der Waals surface area contributed by atoms with Gasteiger partial charge in [-0.05, 0) is 148 Å². The maximum Gasteiger partial charge on any atom is 0.306 e. The zero-order chi connectivity index (χ0) is 58.5. The number of rotatable bonds is 58. The first kappa shape index (κ1) is 76.0. The van der Waals surface area contributed by atoms with Crippen molar-refractivity contribution in [3.8, 4) is 0 Å². The van der Waals surface area contributed by atoms with Crippen molar-refractivity contribution in [1.82, 2.24) is 0 Å². The zero-order valence-corrected chi connectivity index (χ0v) is 52.2. The minimum absolute atomic E-state index is 0.111. The van der Waals surface area contributed by atoms with Crippen LogP contribution in [0.3, 0.4) is 0 Å². The number of carbonyl (C=O) groups is 3. The van der Waals surface area contributed by atoms with Gasteiger partial charge in [0, 0.05) is 19.3 Å². The van der Waals surface area contributed by atoms with Crippen molar-refractivity contribution in [1.29, 1.82) is 0 Å². The fourth-order valence-electron chi connectivity index (χ4n) is 8.56. The van der Waals surface area contributed by atoms with Crippen LogP contribution in [-0.4, -0.2) is 37.2 Å². The Hall–Kier alpha value is -4.97. The first-order chi connectivity index (χ1) is 40.0. The molecule has 6 nitrogen and oxygen atoms in total. The van der Waals surface area contributed by atoms with Crippen molar-refractivity contribution >= 4 is 17.9 Å². The van der Waals surface area contributed by atoms with E-state index in [2.05, 4.69) is 179 Å². The van der Waals surface area contributed by atoms with Crippen LogP contribution < -0.4 is 0 Å². The van der Waals surface area contributed by atoms with Gasteiger partial charge >= 0.3 is 17.9 Å². The van der Waals surface area contributed by atoms with E-state index in [1.54, 1.807) is 0 Å². The van der Waals surface area contributed by atoms with E-state index < -0.39 is 6.10 Å². The lowest BCUT2D eigenvalue weighted by Crippen LogP contribution is -2.30. The minimum atomic E-state index is -0.821. The van der Waals surface area contributed by atoms with Gasteiger partial charge in [-0.25, -0.2) is 0 Å². The number of carbonyl (C=O) groups excluding carboxylic acids is 3. The highest BCUT2D eigenvalue weighted by molar-refractivity contribution is 5.71. The molecule has 0 rings (SSSR count). The monoisotopic (exact) mass is 1120 g/mol. The molecule has 0 aliphatic heterocycles. The van der Waals surface area contributed by atoms with Gasteiger partial charge in [-0.1, -0.05) is 269 Å². The summed E-state index contributed by atoms with van der Waals surface area (Å²) in [5, 5.41) is 0. The van der Waals surface area contributed by atoms with Gasteiger partial charge in [-0.2, -0.15) is 0 Å². The molecule has 0 aliphatic carbocycles. The summed E-state index contributed by atoms with van der Waals surface area (Å²) in [6.45, 7) is 6.43. The fraction of sp³-hybridized carbons (Fsp3) is 0.613. The van der Waals surface area contributed by atoms with Crippen LogP contribution in [0, 0.1) is 0 Å². The molecule has 0 bridgehead atoms. The lowest BCUT2D eigenvalue weighted by atomic mass is 10.1. The smallest absolute Gasteiger partial charge is 0.306 e. The third-order valence-electron chi connectivity index (χ3n) is 13.5. The molecule has 81 heavy (non-hydrogen) atoms. The molecule has 0 amide bonds. The summed E-state index contributed by atoms with van der Waals surface area (Å²) in [5.74, 6) is -0.995. The predicted octanol–water partition coefficient (Wildman–Crippen LogP) is 22.9. The summed E-state index contributed by atoms with van der Waals surface area (Å²) in [7, 11) is 0. The first-order valence-electron chi connectivity index (χ1n) is 33.0. The Labute approximate surface area is 499 Å². The maximum absolute atomic E-state index is 12.9. The summed E-state index contributed by atoms with van der Waals surface area (Å²) < 4.78 is 16.9. The SMILES string of the molecule is CC/C=C\C/C=C\C/C=C\C/C=C\C/C=C\C/C=C\C/C=C\C/C=C\C/C=C\CCCC(=O)OCC(COC(=O)CCCCCCC/C=C\CCCCCCCC)OC(=O)CCCCCCCC/C=C\C/C=C\C/C=C\CCCCC. The van der Waals surface area contributed by atoms with Crippen LogP contribution in [0.15, 0.2) is 158 Å². The zero-order valence-electron chi connectivity index (χ0n) is 52.2. The molecule has 0 aromatic heterocycles. The van der Waals surface area contributed by atoms with Gasteiger partial charge in [-0.15, -0.1) is 0 Å². The summed E-state index contributed by atoms with van der Waals surface area (Å²) in [6, 6.07) is 0. The van der Waals surface area contributed by atoms with Crippen molar-refractivity contribution in [2.24, 2.45) is 0 Å². The summed E-state index contributed by atoms with van der Waals surface area (Å²) in [5.41, 5.74) is 0. The van der Waals surface area contributed by atoms with Crippen LogP contribution in [0.1, 0.15) is 278 Å². The highest BCUT2D eigenvalue weighted by atomic mass is 16.6. The lowest BCUT2D eigenvalue weighted by Gasteiger charge is -2.18. The molecule has 0 aromatic rings. The third kappa shape index (κ3) is 65.7. The average molecular weight is 1120 g/mol. The molecule has 0 saturated heterocycles. The van der Waals surface area contributed by atoms with E-state index in [0.717, 1.165) is 141 Å². The molecule has 456 valence electrons. The Balaban J connectivity index is 4.51. The van der Waals surface area contributed by atoms with Crippen LogP contribution in [0.25, 0.3) is 0 Å². The van der Waals surface area contributed by atoms with Crippen LogP contribution in [-0.2, 0) is 28.6 Å². The highest BCUT2D eigenvalue weighted by Gasteiger charge is 2.19. The number of hydrogen-bond donors (Lipinski definition) is 0. The number of allylic oxidation sites excluding steroid dienone is 26. The second-order valence-corrected chi connectivity index (χ2v) is 21.3. The molecule has 0 aromatic carbocycles. The van der Waals surface area contributed by atoms with Gasteiger partial charge < -0.3 is 14.2 Å². The molecule has 0 heterocycles. The molecule has 0 N–H and O–H groups in total. The summed E-state index contributed by atoms with van der Waals surface area (Å²) in [6.07, 6.45) is 98.2. The van der Waals surface area contributed by atoms with E-state index in [4.69, 9.17) is 14.2 Å². The van der Waals surface area contributed by atoms with E-state index in [-0.39, 0.29) is 37.5 Å². The quantitative estimate of drug-likeness (QED) is 0.0261. The maximum atomic E-state index is 12.9. The molecule has 0 aliphatic rings. The predicted molar refractivity (Wildman–Crippen MR) is 352 cm³/mol. The number of unbranched alkanes of at least 4 members (excludes halogenated alkanes) is 21. The van der Waals surface area contributed by atoms with Gasteiger partial charge in [0.1, 0.15) is 13.2 Å². The van der Waals surface area contributed by atoms with E-state index in [9.17, 15) is 14.4 Å². The largest absolute Gasteiger partial charge is 0.462 e. The van der Waals surface area contributed by atoms with Crippen LogP contribution >= 0.6 is 0 Å². The molecular formula is C75H120O6. The number of hydrogen-bond acceptors (Lipinski definition) is 6. The Bertz CT molecular complexity index is 1810. The van der Waals surface area contributed by atoms with Crippen molar-refractivity contribution in [2.45, 2.75) is 284 Å². The molecule has 0 spiro atoms. The molecule has 0 fully saturated rings. The Kier molecular flexibility index (Phi) is 63.4. The summed E-state index contributed by atoms with van der Waals surface area (Å²) >= 11 is 0. The minimum Gasteiger partial charge on any atom is -0.462 e. The third-order valence-corrected chi connectivity index (χ3v) is 13.5. The molecular weight excluding hydrogens is 997 g/mol. The lowest BCUT2D eigenvalue weighted by molar-refractivity contribution is -0.167. The van der Waals surface area contributed by atoms with Gasteiger partial charge in [0.15, 0.2) is 6.10 Å². The highest BCUT2D eigenvalue weighted by Crippen LogP contribution is 2.14. The van der Waals surface area contributed by atoms with E-state index in [1.165, 1.54) is 89.9 Å². The van der Waals surface area contributed by atoms with E-state index in [1.807, 2.05) is 0 Å². The molecule has 0 radical (unpaired) electrons. The van der Waals surface area contributed by atoms with Crippen LogP contribution in [0.2, 0.25) is 0 Å². The standard InChI is InChI=1S/C75H120O6/c1-4-7-10-13-16-19-22-25-28-30-32-33-34-35-36-37-38-39-40-41-43-44-47-50-53-56-59-62-65-68-74(77)80-71-72(70-79-73(76)67-64-61-58-55-52-49-46-27-24-21-18-15-12-9-6-3)81-75(78)69-66-63-60-57-54-51-48-45-42-31-29-26-23-20-17-14-11-8-5-2/h7,10,16-17,19-20,25-29,32-33,35-36,38-39,41-43,45-47,50,56,59,72H,4-6,8-9,11-15,18,21-24,30-31,34,37,40,44,48-49,51-55,57-58,60-71H2,1-3H3/b10-7-,19-16-,20-17-,28-25-,29-26-,33-32-,36-35-,39-38-,43-41-,45-42-,46-27-,50-47-,59-56-. The topological polar surface area (TPSA) is 78.9 Å². The van der Waals surface area contributed by atoms with E-state index in [0.29, 0.717) is 19.3 Å². The van der Waals surface area contributed by atoms with Gasteiger partial charge in [-0.3, -0.25) is 14.4 Å². The summed E-state index contributed by atoms with van der Waals surface area (Å²) in [4.78, 5) is 38.3. The van der Waals surface area contributed by atoms with Gasteiger partial charge in [0.25, 0.3) is 0 Å². The van der Waals surface area contributed by atoms with Crippen molar-refractivity contribution < 1.29 is 28.6 Å². The van der Waals surface area contributed by atoms with Gasteiger partial charge in [0.2, 0.25) is 0 Å². The second kappa shape index (κ2) is 67.5. The Morgan fingerprint density at radius 1 is 0.259 bits per heavy atom. The van der Waals surface area contributed by atoms with Crippen molar-refractivity contribution in [2.75, 3.05) is 13.2 Å². The van der Waals surface area contributed by atoms with Gasteiger partial charge in [0.05, 0.1) is 0 Å². The molecule has 0 saturated carbocycles. The molecule has 1 atom stereocenters. The van der Waals surface area contributed by atoms with E-state index >= 15 is 0 Å². The Morgan fingerprint density at radius 2 is 0.494 bits per heavy atom. The fourth-order valence-corrected chi connectivity index (χ4v) is 8.56. The van der Waals surface area contributed by atoms with Crippen LogP contribution in [0.5, 0.6) is 0 Å². The average Bonchev–Trinajstić information content (AvgIpc) is 3.47. The van der Waals surface area contributed by atoms with Crippen molar-refractivity contribution in [3.63, 3.8) is 0 Å². The van der Waals surface area contributed by atoms with Crippen LogP contribution in [0.4, 0.5) is 0 Å².